The van der Waals surface area contributed by atoms with Crippen LogP contribution in [0.1, 0.15) is 26.3 Å². The molecule has 3 rings (SSSR count). The van der Waals surface area contributed by atoms with E-state index in [1.165, 1.54) is 0 Å². The van der Waals surface area contributed by atoms with Gasteiger partial charge >= 0.3 is 0 Å². The lowest BCUT2D eigenvalue weighted by molar-refractivity contribution is 0.0986. The second kappa shape index (κ2) is 3.95. The summed E-state index contributed by atoms with van der Waals surface area (Å²) >= 11 is 0. The van der Waals surface area contributed by atoms with Gasteiger partial charge in [0.2, 0.25) is 5.91 Å². The summed E-state index contributed by atoms with van der Waals surface area (Å²) in [5.41, 5.74) is 9.10. The molecule has 0 saturated carbocycles. The summed E-state index contributed by atoms with van der Waals surface area (Å²) < 4.78 is 0. The minimum atomic E-state index is -0.496. The minimum absolute atomic E-state index is 0.0905. The molecule has 2 bridgehead atoms. The Hall–Kier alpha value is -2.62. The Morgan fingerprint density at radius 2 is 1.47 bits per heavy atom. The molecule has 94 valence electrons. The Morgan fingerprint density at radius 1 is 0.947 bits per heavy atom. The van der Waals surface area contributed by atoms with Crippen molar-refractivity contribution in [2.45, 2.75) is 6.92 Å². The van der Waals surface area contributed by atoms with Crippen LogP contribution in [0.4, 0.5) is 11.4 Å². The lowest BCUT2D eigenvalue weighted by Crippen LogP contribution is -2.33. The molecule has 0 saturated heterocycles. The van der Waals surface area contributed by atoms with Gasteiger partial charge in [-0.1, -0.05) is 6.07 Å². The van der Waals surface area contributed by atoms with E-state index in [1.54, 1.807) is 29.2 Å². The first kappa shape index (κ1) is 11.5. The fourth-order valence-electron chi connectivity index (χ4n) is 2.30. The van der Waals surface area contributed by atoms with Crippen LogP contribution in [-0.4, -0.2) is 11.8 Å². The number of hydrogen-bond donors (Lipinski definition) is 1. The number of hydrogen-bond acceptors (Lipinski definition) is 2. The predicted octanol–water partition coefficient (Wildman–Crippen LogP) is 2.39. The predicted molar refractivity (Wildman–Crippen MR) is 72.6 cm³/mol. The van der Waals surface area contributed by atoms with Gasteiger partial charge in [-0.3, -0.25) is 14.5 Å². The van der Waals surface area contributed by atoms with Crippen molar-refractivity contribution in [3.05, 3.63) is 59.2 Å². The van der Waals surface area contributed by atoms with Gasteiger partial charge in [0.05, 0.1) is 11.4 Å². The maximum absolute atomic E-state index is 12.4. The Balaban J connectivity index is 1.89. The molecule has 1 heterocycles. The maximum atomic E-state index is 12.4. The van der Waals surface area contributed by atoms with E-state index in [0.717, 1.165) is 16.9 Å². The average Bonchev–Trinajstić information content (AvgIpc) is 2.45. The number of nitrogens with zero attached hydrogens (tertiary/aromatic N) is 1. The molecular formula is C15H12N2O2. The number of rotatable bonds is 2. The summed E-state index contributed by atoms with van der Waals surface area (Å²) in [5, 5.41) is 0. The lowest BCUT2D eigenvalue weighted by Gasteiger charge is -2.35. The molecule has 4 nitrogen and oxygen atoms in total. The number of anilines is 2. The molecule has 0 fully saturated rings. The fraction of sp³-hybridized carbons (Fsp3) is 0.0667. The number of fused-ring (bicyclic) bond motifs is 2. The van der Waals surface area contributed by atoms with Crippen molar-refractivity contribution in [1.82, 2.24) is 0 Å². The number of carbonyl (C=O) groups is 2. The molecule has 1 aliphatic heterocycles. The first-order valence-corrected chi connectivity index (χ1v) is 5.93. The summed E-state index contributed by atoms with van der Waals surface area (Å²) in [6.07, 6.45) is 0. The van der Waals surface area contributed by atoms with Gasteiger partial charge in [0.1, 0.15) is 0 Å². The van der Waals surface area contributed by atoms with Crippen LogP contribution in [0.25, 0.3) is 0 Å². The van der Waals surface area contributed by atoms with Crippen molar-refractivity contribution < 1.29 is 9.59 Å². The monoisotopic (exact) mass is 252 g/mol. The summed E-state index contributed by atoms with van der Waals surface area (Å²) in [6, 6.07) is 12.1. The summed E-state index contributed by atoms with van der Waals surface area (Å²) in [7, 11) is 0. The molecule has 0 aliphatic carbocycles. The number of primary amides is 1. The summed E-state index contributed by atoms with van der Waals surface area (Å²) in [4.78, 5) is 25.0. The molecule has 4 heteroatoms. The number of nitrogens with two attached hydrogens (primary N) is 1. The molecule has 0 aromatic heterocycles. The van der Waals surface area contributed by atoms with Crippen molar-refractivity contribution in [2.75, 3.05) is 4.90 Å². The number of amides is 2. The van der Waals surface area contributed by atoms with E-state index < -0.39 is 5.91 Å². The third kappa shape index (κ3) is 1.61. The zero-order chi connectivity index (χ0) is 13.6. The first-order valence-electron chi connectivity index (χ1n) is 5.93. The van der Waals surface area contributed by atoms with Crippen LogP contribution in [-0.2, 0) is 0 Å². The Bertz CT molecular complexity index is 668. The normalized spacial score (nSPS) is 11.9. The fourth-order valence-corrected chi connectivity index (χ4v) is 2.30. The third-order valence-electron chi connectivity index (χ3n) is 3.38. The van der Waals surface area contributed by atoms with E-state index >= 15 is 0 Å². The second-order valence-electron chi connectivity index (χ2n) is 4.50. The van der Waals surface area contributed by atoms with Crippen LogP contribution in [0.15, 0.2) is 42.5 Å². The van der Waals surface area contributed by atoms with E-state index in [-0.39, 0.29) is 5.91 Å². The van der Waals surface area contributed by atoms with Gasteiger partial charge in [-0.05, 0) is 48.9 Å². The van der Waals surface area contributed by atoms with Crippen LogP contribution in [0.5, 0.6) is 0 Å². The van der Waals surface area contributed by atoms with Crippen LogP contribution in [0, 0.1) is 6.92 Å². The van der Waals surface area contributed by atoms with Gasteiger partial charge < -0.3 is 5.73 Å². The standard InChI is InChI=1S/C15H12N2O2/c1-9-12-3-2-4-13(9)17(12)15(19)11-7-5-10(6-8-11)14(16)18/h2-8H,1H3,(H2,16,18). The lowest BCUT2D eigenvalue weighted by atomic mass is 9.99. The van der Waals surface area contributed by atoms with Crippen LogP contribution in [0.3, 0.4) is 0 Å². The average molecular weight is 252 g/mol. The summed E-state index contributed by atoms with van der Waals surface area (Å²) in [5.74, 6) is -0.587. The SMILES string of the molecule is Cc1c2cccc1N2C(=O)c1ccc(C(N)=O)cc1. The molecule has 2 aromatic carbocycles. The minimum Gasteiger partial charge on any atom is -0.366 e. The van der Waals surface area contributed by atoms with Gasteiger partial charge in [0.15, 0.2) is 0 Å². The van der Waals surface area contributed by atoms with Gasteiger partial charge in [-0.15, -0.1) is 0 Å². The van der Waals surface area contributed by atoms with E-state index in [4.69, 9.17) is 5.73 Å². The Morgan fingerprint density at radius 3 is 1.95 bits per heavy atom. The van der Waals surface area contributed by atoms with Crippen molar-refractivity contribution in [2.24, 2.45) is 5.73 Å². The molecule has 2 amide bonds. The first-order chi connectivity index (χ1) is 9.09. The molecule has 0 unspecified atom stereocenters. The van der Waals surface area contributed by atoms with Crippen LogP contribution in [0.2, 0.25) is 0 Å². The van der Waals surface area contributed by atoms with Crippen LogP contribution < -0.4 is 10.6 Å². The molecular weight excluding hydrogens is 240 g/mol. The number of carbonyl (C=O) groups excluding carboxylic acids is 2. The zero-order valence-corrected chi connectivity index (χ0v) is 10.4. The molecule has 0 atom stereocenters. The molecule has 19 heavy (non-hydrogen) atoms. The van der Waals surface area contributed by atoms with E-state index in [9.17, 15) is 9.59 Å². The molecule has 0 spiro atoms. The van der Waals surface area contributed by atoms with Gasteiger partial charge in [0, 0.05) is 11.1 Å². The van der Waals surface area contributed by atoms with E-state index in [1.807, 2.05) is 25.1 Å². The number of aryl methyl sites for hydroxylation is 1. The molecule has 2 N–H and O–H groups in total. The van der Waals surface area contributed by atoms with Crippen molar-refractivity contribution in [3.8, 4) is 0 Å². The van der Waals surface area contributed by atoms with Crippen molar-refractivity contribution in [1.29, 1.82) is 0 Å². The van der Waals surface area contributed by atoms with Gasteiger partial charge in [-0.2, -0.15) is 0 Å². The van der Waals surface area contributed by atoms with Gasteiger partial charge in [-0.25, -0.2) is 0 Å². The summed E-state index contributed by atoms with van der Waals surface area (Å²) in [6.45, 7) is 1.99. The van der Waals surface area contributed by atoms with E-state index in [0.29, 0.717) is 11.1 Å². The Kier molecular flexibility index (Phi) is 2.38. The quantitative estimate of drug-likeness (QED) is 0.891. The highest BCUT2D eigenvalue weighted by atomic mass is 16.2. The van der Waals surface area contributed by atoms with Crippen molar-refractivity contribution >= 4 is 23.2 Å². The topological polar surface area (TPSA) is 63.4 Å². The smallest absolute Gasteiger partial charge is 0.262 e. The van der Waals surface area contributed by atoms with Gasteiger partial charge in [0.25, 0.3) is 5.91 Å². The Labute approximate surface area is 110 Å². The second-order valence-corrected chi connectivity index (χ2v) is 4.50. The molecule has 2 aromatic rings. The number of benzene rings is 2. The highest BCUT2D eigenvalue weighted by Crippen LogP contribution is 2.44. The van der Waals surface area contributed by atoms with Crippen molar-refractivity contribution in [3.63, 3.8) is 0 Å². The highest BCUT2D eigenvalue weighted by molar-refractivity contribution is 6.16. The molecule has 0 radical (unpaired) electrons. The molecule has 1 aliphatic rings. The van der Waals surface area contributed by atoms with E-state index in [2.05, 4.69) is 0 Å². The van der Waals surface area contributed by atoms with Crippen LogP contribution >= 0.6 is 0 Å². The largest absolute Gasteiger partial charge is 0.366 e. The third-order valence-corrected chi connectivity index (χ3v) is 3.38. The maximum Gasteiger partial charge on any atom is 0.262 e. The zero-order valence-electron chi connectivity index (χ0n) is 10.4. The highest BCUT2D eigenvalue weighted by Gasteiger charge is 2.30.